The Balaban J connectivity index is 1.82. The molecule has 0 N–H and O–H groups in total. The third kappa shape index (κ3) is 4.10. The molecule has 0 aliphatic carbocycles. The van der Waals surface area contributed by atoms with Gasteiger partial charge in [0.1, 0.15) is 5.15 Å². The SMILES string of the molecule is CCOC(=O)CC1CCN(c2ccc(Cl)nc2)CC1. The van der Waals surface area contributed by atoms with E-state index < -0.39 is 0 Å². The number of anilines is 1. The van der Waals surface area contributed by atoms with E-state index in [4.69, 9.17) is 16.3 Å². The lowest BCUT2D eigenvalue weighted by molar-refractivity contribution is -0.144. The molecule has 0 spiro atoms. The van der Waals surface area contributed by atoms with Crippen LogP contribution in [0.15, 0.2) is 18.3 Å². The van der Waals surface area contributed by atoms with Crippen LogP contribution in [0.2, 0.25) is 5.15 Å². The normalized spacial score (nSPS) is 16.4. The number of nitrogens with zero attached hydrogens (tertiary/aromatic N) is 2. The predicted octanol–water partition coefficient (Wildman–Crippen LogP) is 2.90. The highest BCUT2D eigenvalue weighted by molar-refractivity contribution is 6.29. The molecule has 1 aliphatic heterocycles. The fourth-order valence-corrected chi connectivity index (χ4v) is 2.52. The number of esters is 1. The molecule has 1 aromatic rings. The van der Waals surface area contributed by atoms with Crippen molar-refractivity contribution in [2.24, 2.45) is 5.92 Å². The predicted molar refractivity (Wildman–Crippen MR) is 75.4 cm³/mol. The topological polar surface area (TPSA) is 42.4 Å². The van der Waals surface area contributed by atoms with Gasteiger partial charge in [-0.3, -0.25) is 4.79 Å². The second-order valence-corrected chi connectivity index (χ2v) is 5.17. The van der Waals surface area contributed by atoms with Crippen LogP contribution < -0.4 is 4.90 Å². The lowest BCUT2D eigenvalue weighted by Crippen LogP contribution is -2.34. The molecule has 0 saturated carbocycles. The van der Waals surface area contributed by atoms with E-state index in [-0.39, 0.29) is 5.97 Å². The van der Waals surface area contributed by atoms with Crippen molar-refractivity contribution in [2.75, 3.05) is 24.6 Å². The molecule has 0 radical (unpaired) electrons. The molecule has 0 atom stereocenters. The van der Waals surface area contributed by atoms with Gasteiger partial charge in [0.25, 0.3) is 0 Å². The molecule has 1 saturated heterocycles. The van der Waals surface area contributed by atoms with Crippen molar-refractivity contribution in [3.8, 4) is 0 Å². The highest BCUT2D eigenvalue weighted by Crippen LogP contribution is 2.25. The summed E-state index contributed by atoms with van der Waals surface area (Å²) >= 11 is 5.78. The van der Waals surface area contributed by atoms with Crippen molar-refractivity contribution < 1.29 is 9.53 Å². The summed E-state index contributed by atoms with van der Waals surface area (Å²) in [5.74, 6) is 0.365. The van der Waals surface area contributed by atoms with Crippen LogP contribution in [0.1, 0.15) is 26.2 Å². The van der Waals surface area contributed by atoms with Gasteiger partial charge in [0, 0.05) is 19.5 Å². The quantitative estimate of drug-likeness (QED) is 0.629. The van der Waals surface area contributed by atoms with Crippen molar-refractivity contribution in [3.05, 3.63) is 23.5 Å². The first-order chi connectivity index (χ1) is 9.19. The average Bonchev–Trinajstić information content (AvgIpc) is 2.41. The maximum Gasteiger partial charge on any atom is 0.306 e. The lowest BCUT2D eigenvalue weighted by atomic mass is 9.93. The number of carbonyl (C=O) groups excluding carboxylic acids is 1. The molecule has 1 aromatic heterocycles. The number of piperidine rings is 1. The first-order valence-corrected chi connectivity index (χ1v) is 7.09. The van der Waals surface area contributed by atoms with Gasteiger partial charge in [0.05, 0.1) is 18.5 Å². The molecule has 5 heteroatoms. The second kappa shape index (κ2) is 6.75. The van der Waals surface area contributed by atoms with Gasteiger partial charge in [-0.25, -0.2) is 4.98 Å². The Morgan fingerprint density at radius 3 is 2.79 bits per heavy atom. The number of ether oxygens (including phenoxy) is 1. The summed E-state index contributed by atoms with van der Waals surface area (Å²) < 4.78 is 4.99. The maximum absolute atomic E-state index is 11.4. The lowest BCUT2D eigenvalue weighted by Gasteiger charge is -2.33. The van der Waals surface area contributed by atoms with Crippen molar-refractivity contribution in [3.63, 3.8) is 0 Å². The van der Waals surface area contributed by atoms with Crippen LogP contribution in [0.4, 0.5) is 5.69 Å². The number of pyridine rings is 1. The van der Waals surface area contributed by atoms with Gasteiger partial charge in [-0.2, -0.15) is 0 Å². The summed E-state index contributed by atoms with van der Waals surface area (Å²) in [6, 6.07) is 3.79. The minimum Gasteiger partial charge on any atom is -0.466 e. The van der Waals surface area contributed by atoms with E-state index in [1.807, 2.05) is 19.1 Å². The molecule has 0 amide bonds. The number of hydrogen-bond donors (Lipinski definition) is 0. The standard InChI is InChI=1S/C14H19ClN2O2/c1-2-19-14(18)9-11-5-7-17(8-6-11)12-3-4-13(15)16-10-12/h3-4,10-11H,2,5-9H2,1H3. The number of aromatic nitrogens is 1. The maximum atomic E-state index is 11.4. The average molecular weight is 283 g/mol. The van der Waals surface area contributed by atoms with E-state index in [2.05, 4.69) is 9.88 Å². The summed E-state index contributed by atoms with van der Waals surface area (Å²) in [4.78, 5) is 17.8. The molecule has 0 unspecified atom stereocenters. The fraction of sp³-hybridized carbons (Fsp3) is 0.571. The fourth-order valence-electron chi connectivity index (χ4n) is 2.41. The molecule has 2 heterocycles. The van der Waals surface area contributed by atoms with Gasteiger partial charge in [0.15, 0.2) is 0 Å². The molecule has 4 nitrogen and oxygen atoms in total. The third-order valence-electron chi connectivity index (χ3n) is 3.45. The van der Waals surface area contributed by atoms with Gasteiger partial charge in [0.2, 0.25) is 0 Å². The number of rotatable bonds is 4. The highest BCUT2D eigenvalue weighted by Gasteiger charge is 2.22. The van der Waals surface area contributed by atoms with Gasteiger partial charge in [-0.15, -0.1) is 0 Å². The van der Waals surface area contributed by atoms with Gasteiger partial charge in [-0.1, -0.05) is 11.6 Å². The smallest absolute Gasteiger partial charge is 0.306 e. The summed E-state index contributed by atoms with van der Waals surface area (Å²) in [6.07, 6.45) is 4.37. The Bertz CT molecular complexity index is 414. The molecular formula is C14H19ClN2O2. The summed E-state index contributed by atoms with van der Waals surface area (Å²) in [5.41, 5.74) is 1.10. The summed E-state index contributed by atoms with van der Waals surface area (Å²) in [6.45, 7) is 4.21. The molecule has 19 heavy (non-hydrogen) atoms. The van der Waals surface area contributed by atoms with Crippen LogP contribution in [0.5, 0.6) is 0 Å². The van der Waals surface area contributed by atoms with Gasteiger partial charge in [-0.05, 0) is 37.8 Å². The molecule has 104 valence electrons. The first-order valence-electron chi connectivity index (χ1n) is 6.71. The van der Waals surface area contributed by atoms with Crippen molar-refractivity contribution >= 4 is 23.3 Å². The largest absolute Gasteiger partial charge is 0.466 e. The van der Waals surface area contributed by atoms with E-state index in [0.29, 0.717) is 24.1 Å². The summed E-state index contributed by atoms with van der Waals surface area (Å²) in [7, 11) is 0. The van der Waals surface area contributed by atoms with Crippen molar-refractivity contribution in [2.45, 2.75) is 26.2 Å². The van der Waals surface area contributed by atoms with Crippen LogP contribution >= 0.6 is 11.6 Å². The Labute approximate surface area is 118 Å². The van der Waals surface area contributed by atoms with Crippen molar-refractivity contribution in [1.29, 1.82) is 0 Å². The molecule has 2 rings (SSSR count). The number of carbonyl (C=O) groups is 1. The van der Waals surface area contributed by atoms with E-state index in [1.54, 1.807) is 6.20 Å². The van der Waals surface area contributed by atoms with E-state index >= 15 is 0 Å². The monoisotopic (exact) mass is 282 g/mol. The Morgan fingerprint density at radius 1 is 1.47 bits per heavy atom. The molecule has 1 fully saturated rings. The highest BCUT2D eigenvalue weighted by atomic mass is 35.5. The Morgan fingerprint density at radius 2 is 2.21 bits per heavy atom. The van der Waals surface area contributed by atoms with E-state index in [0.717, 1.165) is 31.6 Å². The van der Waals surface area contributed by atoms with Crippen LogP contribution in [-0.2, 0) is 9.53 Å². The molecule has 0 bridgehead atoms. The molecule has 0 aromatic carbocycles. The minimum absolute atomic E-state index is 0.0749. The Kier molecular flexibility index (Phi) is 5.02. The zero-order chi connectivity index (χ0) is 13.7. The van der Waals surface area contributed by atoms with Crippen LogP contribution in [0.3, 0.4) is 0 Å². The number of halogens is 1. The third-order valence-corrected chi connectivity index (χ3v) is 3.68. The molecule has 1 aliphatic rings. The van der Waals surface area contributed by atoms with Crippen LogP contribution in [0, 0.1) is 5.92 Å². The van der Waals surface area contributed by atoms with Crippen molar-refractivity contribution in [1.82, 2.24) is 4.98 Å². The second-order valence-electron chi connectivity index (χ2n) is 4.78. The van der Waals surface area contributed by atoms with E-state index in [9.17, 15) is 4.79 Å². The first kappa shape index (κ1) is 14.1. The van der Waals surface area contributed by atoms with Crippen LogP contribution in [0.25, 0.3) is 0 Å². The van der Waals surface area contributed by atoms with E-state index in [1.165, 1.54) is 0 Å². The zero-order valence-electron chi connectivity index (χ0n) is 11.1. The zero-order valence-corrected chi connectivity index (χ0v) is 11.9. The van der Waals surface area contributed by atoms with Gasteiger partial charge < -0.3 is 9.64 Å². The Hall–Kier alpha value is -1.29. The van der Waals surface area contributed by atoms with Crippen LogP contribution in [-0.4, -0.2) is 30.6 Å². The van der Waals surface area contributed by atoms with Gasteiger partial charge >= 0.3 is 5.97 Å². The number of hydrogen-bond acceptors (Lipinski definition) is 4. The summed E-state index contributed by atoms with van der Waals surface area (Å²) in [5, 5.41) is 0.515. The molecular weight excluding hydrogens is 264 g/mol. The minimum atomic E-state index is -0.0749.